The summed E-state index contributed by atoms with van der Waals surface area (Å²) in [5, 5.41) is 0.746. The van der Waals surface area contributed by atoms with Crippen molar-refractivity contribution in [3.63, 3.8) is 0 Å². The molecular weight excluding hydrogens is 477 g/mol. The number of hydrogen-bond donors (Lipinski definition) is 0. The largest absolute Gasteiger partial charge is 0.416 e. The Morgan fingerprint density at radius 2 is 1.69 bits per heavy atom. The Labute approximate surface area is 200 Å². The van der Waals surface area contributed by atoms with Crippen LogP contribution in [0.4, 0.5) is 13.2 Å². The molecule has 1 aliphatic heterocycles. The van der Waals surface area contributed by atoms with E-state index in [-0.39, 0.29) is 23.9 Å². The van der Waals surface area contributed by atoms with Crippen LogP contribution in [-0.2, 0) is 16.2 Å². The standard InChI is InChI=1S/C25H21F3N4O2S/c26-25(27,28)20-7-1-5-19(14-20)21-15-29-16-31-23(21)18-9-12-32(13-10-18)35(33,34)22-8-2-4-17-6-3-11-30-24(17)22/h1-8,11,14-16,18H,9-10,12-13H2. The zero-order chi connectivity index (χ0) is 24.6. The fourth-order valence-electron chi connectivity index (χ4n) is 4.54. The number of fused-ring (bicyclic) bond motifs is 1. The molecule has 0 aliphatic carbocycles. The predicted octanol–water partition coefficient (Wildman–Crippen LogP) is 5.28. The second-order valence-corrected chi connectivity index (χ2v) is 10.3. The van der Waals surface area contributed by atoms with Crippen LogP contribution in [-0.4, -0.2) is 40.8 Å². The minimum atomic E-state index is -4.46. The lowest BCUT2D eigenvalue weighted by atomic mass is 9.89. The second-order valence-electron chi connectivity index (χ2n) is 8.41. The fourth-order valence-corrected chi connectivity index (χ4v) is 6.18. The molecule has 0 radical (unpaired) electrons. The van der Waals surface area contributed by atoms with Crippen LogP contribution < -0.4 is 0 Å². The van der Waals surface area contributed by atoms with Gasteiger partial charge in [-0.25, -0.2) is 18.4 Å². The summed E-state index contributed by atoms with van der Waals surface area (Å²) in [6, 6.07) is 13.7. The smallest absolute Gasteiger partial charge is 0.255 e. The Morgan fingerprint density at radius 1 is 0.943 bits per heavy atom. The summed E-state index contributed by atoms with van der Waals surface area (Å²) in [4.78, 5) is 12.9. The van der Waals surface area contributed by atoms with E-state index >= 15 is 0 Å². The molecule has 1 saturated heterocycles. The molecule has 2 aromatic carbocycles. The first-order valence-corrected chi connectivity index (χ1v) is 12.5. The molecule has 35 heavy (non-hydrogen) atoms. The highest BCUT2D eigenvalue weighted by atomic mass is 32.2. The van der Waals surface area contributed by atoms with Gasteiger partial charge in [-0.15, -0.1) is 0 Å². The van der Waals surface area contributed by atoms with Gasteiger partial charge in [-0.3, -0.25) is 4.98 Å². The van der Waals surface area contributed by atoms with Crippen LogP contribution in [0.1, 0.15) is 30.0 Å². The van der Waals surface area contributed by atoms with Crippen molar-refractivity contribution < 1.29 is 21.6 Å². The molecule has 3 heterocycles. The quantitative estimate of drug-likeness (QED) is 0.383. The van der Waals surface area contributed by atoms with Gasteiger partial charge in [0, 0.05) is 42.4 Å². The van der Waals surface area contributed by atoms with Gasteiger partial charge in [-0.05, 0) is 42.7 Å². The normalized spacial score (nSPS) is 16.0. The van der Waals surface area contributed by atoms with Crippen LogP contribution in [0, 0.1) is 0 Å². The molecular formula is C25H21F3N4O2S. The third kappa shape index (κ3) is 4.51. The van der Waals surface area contributed by atoms with E-state index in [0.717, 1.165) is 17.5 Å². The van der Waals surface area contributed by atoms with Crippen molar-refractivity contribution in [3.8, 4) is 11.1 Å². The molecule has 4 aromatic rings. The van der Waals surface area contributed by atoms with Crippen molar-refractivity contribution in [2.75, 3.05) is 13.1 Å². The summed E-state index contributed by atoms with van der Waals surface area (Å²) in [5.41, 5.74) is 1.22. The van der Waals surface area contributed by atoms with E-state index in [9.17, 15) is 21.6 Å². The van der Waals surface area contributed by atoms with E-state index in [1.165, 1.54) is 22.9 Å². The Hall–Kier alpha value is -3.37. The van der Waals surface area contributed by atoms with Crippen molar-refractivity contribution in [1.82, 2.24) is 19.3 Å². The first-order valence-electron chi connectivity index (χ1n) is 11.1. The molecule has 180 valence electrons. The Kier molecular flexibility index (Phi) is 6.02. The van der Waals surface area contributed by atoms with Crippen molar-refractivity contribution >= 4 is 20.9 Å². The number of halogens is 3. The molecule has 2 aromatic heterocycles. The zero-order valence-corrected chi connectivity index (χ0v) is 19.3. The molecule has 0 N–H and O–H groups in total. The third-order valence-electron chi connectivity index (χ3n) is 6.30. The van der Waals surface area contributed by atoms with E-state index in [4.69, 9.17) is 0 Å². The summed E-state index contributed by atoms with van der Waals surface area (Å²) >= 11 is 0. The fraction of sp³-hybridized carbons (Fsp3) is 0.240. The first kappa shape index (κ1) is 23.4. The Balaban J connectivity index is 1.40. The van der Waals surface area contributed by atoms with Crippen molar-refractivity contribution in [2.45, 2.75) is 29.8 Å². The molecule has 5 rings (SSSR count). The lowest BCUT2D eigenvalue weighted by Gasteiger charge is -2.31. The van der Waals surface area contributed by atoms with Gasteiger partial charge in [0.2, 0.25) is 10.0 Å². The van der Waals surface area contributed by atoms with Gasteiger partial charge in [-0.2, -0.15) is 17.5 Å². The predicted molar refractivity (Wildman–Crippen MR) is 125 cm³/mol. The maximum absolute atomic E-state index is 13.4. The van der Waals surface area contributed by atoms with Gasteiger partial charge in [0.1, 0.15) is 11.2 Å². The van der Waals surface area contributed by atoms with Gasteiger partial charge in [0.05, 0.1) is 16.8 Å². The van der Waals surface area contributed by atoms with Crippen LogP contribution in [0.25, 0.3) is 22.0 Å². The lowest BCUT2D eigenvalue weighted by molar-refractivity contribution is -0.137. The maximum Gasteiger partial charge on any atom is 0.416 e. The zero-order valence-electron chi connectivity index (χ0n) is 18.5. The van der Waals surface area contributed by atoms with Crippen molar-refractivity contribution in [3.05, 3.63) is 84.6 Å². The van der Waals surface area contributed by atoms with Gasteiger partial charge >= 0.3 is 6.18 Å². The average Bonchev–Trinajstić information content (AvgIpc) is 2.88. The molecule has 0 atom stereocenters. The molecule has 10 heteroatoms. The molecule has 1 fully saturated rings. The number of sulfonamides is 1. The lowest BCUT2D eigenvalue weighted by Crippen LogP contribution is -2.38. The number of aromatic nitrogens is 3. The van der Waals surface area contributed by atoms with Crippen LogP contribution in [0.3, 0.4) is 0 Å². The molecule has 6 nitrogen and oxygen atoms in total. The van der Waals surface area contributed by atoms with Gasteiger partial charge < -0.3 is 0 Å². The van der Waals surface area contributed by atoms with E-state index in [1.807, 2.05) is 12.1 Å². The number of nitrogens with zero attached hydrogens (tertiary/aromatic N) is 4. The summed E-state index contributed by atoms with van der Waals surface area (Å²) in [5.74, 6) is -0.111. The summed E-state index contributed by atoms with van der Waals surface area (Å²) in [6.45, 7) is 0.532. The SMILES string of the molecule is O=S(=O)(c1cccc2cccnc12)N1CCC(c2ncncc2-c2cccc(C(F)(F)F)c2)CC1. The first-order chi connectivity index (χ1) is 16.7. The molecule has 0 unspecified atom stereocenters. The van der Waals surface area contributed by atoms with Crippen LogP contribution in [0.15, 0.2) is 78.2 Å². The van der Waals surface area contributed by atoms with Crippen LogP contribution in [0.5, 0.6) is 0 Å². The Morgan fingerprint density at radius 3 is 2.46 bits per heavy atom. The number of hydrogen-bond acceptors (Lipinski definition) is 5. The van der Waals surface area contributed by atoms with E-state index in [1.54, 1.807) is 30.5 Å². The van der Waals surface area contributed by atoms with Gasteiger partial charge in [0.15, 0.2) is 0 Å². The van der Waals surface area contributed by atoms with Crippen LogP contribution in [0.2, 0.25) is 0 Å². The number of rotatable bonds is 4. The molecule has 0 spiro atoms. The van der Waals surface area contributed by atoms with Crippen molar-refractivity contribution in [1.29, 1.82) is 0 Å². The molecule has 0 saturated carbocycles. The molecule has 1 aliphatic rings. The molecule has 0 bridgehead atoms. The second kappa shape index (κ2) is 9.01. The number of para-hydroxylation sites is 1. The van der Waals surface area contributed by atoms with E-state index in [0.29, 0.717) is 35.2 Å². The summed E-state index contributed by atoms with van der Waals surface area (Å²) in [6.07, 6.45) is 0.973. The van der Waals surface area contributed by atoms with Crippen LogP contribution >= 0.6 is 0 Å². The number of alkyl halides is 3. The van der Waals surface area contributed by atoms with E-state index in [2.05, 4.69) is 15.0 Å². The highest BCUT2D eigenvalue weighted by molar-refractivity contribution is 7.89. The summed E-state index contributed by atoms with van der Waals surface area (Å²) in [7, 11) is -3.77. The van der Waals surface area contributed by atoms with Gasteiger partial charge in [-0.1, -0.05) is 30.3 Å². The minimum absolute atomic E-state index is 0.111. The number of pyridine rings is 1. The van der Waals surface area contributed by atoms with E-state index < -0.39 is 21.8 Å². The Bertz CT molecular complexity index is 1480. The molecule has 0 amide bonds. The highest BCUT2D eigenvalue weighted by Crippen LogP contribution is 2.37. The van der Waals surface area contributed by atoms with Gasteiger partial charge in [0.25, 0.3) is 0 Å². The number of piperidine rings is 1. The number of benzene rings is 2. The summed E-state index contributed by atoms with van der Waals surface area (Å²) < 4.78 is 68.0. The van der Waals surface area contributed by atoms with Crippen molar-refractivity contribution in [2.24, 2.45) is 0 Å². The third-order valence-corrected chi connectivity index (χ3v) is 8.23. The highest BCUT2D eigenvalue weighted by Gasteiger charge is 2.34. The maximum atomic E-state index is 13.4. The minimum Gasteiger partial charge on any atom is -0.255 e. The topological polar surface area (TPSA) is 76.1 Å². The monoisotopic (exact) mass is 498 g/mol. The average molecular weight is 499 g/mol.